The van der Waals surface area contributed by atoms with Crippen LogP contribution in [0.25, 0.3) is 0 Å². The van der Waals surface area contributed by atoms with E-state index in [-0.39, 0.29) is 11.6 Å². The third kappa shape index (κ3) is 3.41. The number of hydrogen-bond acceptors (Lipinski definition) is 3. The summed E-state index contributed by atoms with van der Waals surface area (Å²) < 4.78 is 0. The first-order valence-electron chi connectivity index (χ1n) is 6.14. The predicted octanol–water partition coefficient (Wildman–Crippen LogP) is 2.83. The molecule has 2 aromatic rings. The maximum atomic E-state index is 11.9. The molecule has 0 heterocycles. The van der Waals surface area contributed by atoms with E-state index in [1.165, 1.54) is 12.1 Å². The molecule has 0 fully saturated rings. The van der Waals surface area contributed by atoms with E-state index in [4.69, 9.17) is 0 Å². The minimum absolute atomic E-state index is 0.0404. The number of aryl methyl sites for hydroxylation is 1. The van der Waals surface area contributed by atoms with Gasteiger partial charge in [0.1, 0.15) is 0 Å². The van der Waals surface area contributed by atoms with Crippen molar-refractivity contribution < 1.29 is 9.72 Å². The highest BCUT2D eigenvalue weighted by Crippen LogP contribution is 2.12. The minimum atomic E-state index is -0.450. The maximum Gasteiger partial charge on any atom is 0.269 e. The van der Waals surface area contributed by atoms with Crippen LogP contribution in [0.5, 0.6) is 0 Å². The largest absolute Gasteiger partial charge is 0.348 e. The number of nitro benzene ring substituents is 1. The molecule has 5 nitrogen and oxygen atoms in total. The Labute approximate surface area is 116 Å². The van der Waals surface area contributed by atoms with Crippen molar-refractivity contribution in [3.05, 3.63) is 75.3 Å². The molecule has 20 heavy (non-hydrogen) atoms. The van der Waals surface area contributed by atoms with Crippen molar-refractivity contribution in [3.8, 4) is 0 Å². The molecule has 5 heteroatoms. The first-order valence-corrected chi connectivity index (χ1v) is 6.14. The Morgan fingerprint density at radius 3 is 2.25 bits per heavy atom. The molecule has 1 amide bonds. The van der Waals surface area contributed by atoms with Crippen molar-refractivity contribution in [2.45, 2.75) is 13.5 Å². The van der Waals surface area contributed by atoms with Gasteiger partial charge in [-0.05, 0) is 24.6 Å². The Bertz CT molecular complexity index is 619. The molecule has 0 aliphatic heterocycles. The first-order chi connectivity index (χ1) is 9.56. The van der Waals surface area contributed by atoms with Crippen LogP contribution in [0.4, 0.5) is 5.69 Å². The molecule has 0 saturated heterocycles. The molecule has 102 valence electrons. The number of carbonyl (C=O) groups excluding carboxylic acids is 1. The SMILES string of the molecule is Cc1ccc(C(=O)NCc2ccc([N+](=O)[O-])cc2)cc1. The van der Waals surface area contributed by atoms with Gasteiger partial charge in [-0.1, -0.05) is 29.8 Å². The van der Waals surface area contributed by atoms with Crippen LogP contribution >= 0.6 is 0 Å². The number of benzene rings is 2. The van der Waals surface area contributed by atoms with Gasteiger partial charge in [0.2, 0.25) is 0 Å². The van der Waals surface area contributed by atoms with Gasteiger partial charge in [-0.15, -0.1) is 0 Å². The highest BCUT2D eigenvalue weighted by Gasteiger charge is 2.06. The third-order valence-electron chi connectivity index (χ3n) is 2.91. The van der Waals surface area contributed by atoms with E-state index in [2.05, 4.69) is 5.32 Å². The Balaban J connectivity index is 1.96. The van der Waals surface area contributed by atoms with E-state index in [0.29, 0.717) is 12.1 Å². The van der Waals surface area contributed by atoms with Crippen LogP contribution in [-0.2, 0) is 6.54 Å². The molecule has 0 radical (unpaired) electrons. The number of hydrogen-bond donors (Lipinski definition) is 1. The summed E-state index contributed by atoms with van der Waals surface area (Å²) in [7, 11) is 0. The zero-order valence-corrected chi connectivity index (χ0v) is 11.0. The highest BCUT2D eigenvalue weighted by molar-refractivity contribution is 5.94. The summed E-state index contributed by atoms with van der Waals surface area (Å²) in [5.74, 6) is -0.164. The Hall–Kier alpha value is -2.69. The van der Waals surface area contributed by atoms with E-state index < -0.39 is 4.92 Å². The van der Waals surface area contributed by atoms with Crippen LogP contribution in [0.1, 0.15) is 21.5 Å². The van der Waals surface area contributed by atoms with Crippen molar-refractivity contribution >= 4 is 11.6 Å². The summed E-state index contributed by atoms with van der Waals surface area (Å²) in [6.45, 7) is 2.29. The van der Waals surface area contributed by atoms with Gasteiger partial charge in [0, 0.05) is 24.2 Å². The van der Waals surface area contributed by atoms with Crippen LogP contribution in [0.15, 0.2) is 48.5 Å². The second-order valence-electron chi connectivity index (χ2n) is 4.47. The molecule has 2 rings (SSSR count). The third-order valence-corrected chi connectivity index (χ3v) is 2.91. The first kappa shape index (κ1) is 13.7. The number of non-ortho nitro benzene ring substituents is 1. The Morgan fingerprint density at radius 2 is 1.70 bits per heavy atom. The van der Waals surface area contributed by atoms with Gasteiger partial charge in [-0.25, -0.2) is 0 Å². The topological polar surface area (TPSA) is 72.2 Å². The van der Waals surface area contributed by atoms with Crippen molar-refractivity contribution in [3.63, 3.8) is 0 Å². The van der Waals surface area contributed by atoms with Gasteiger partial charge >= 0.3 is 0 Å². The lowest BCUT2D eigenvalue weighted by Crippen LogP contribution is -2.22. The molecule has 0 aromatic heterocycles. The molecule has 0 saturated carbocycles. The summed E-state index contributed by atoms with van der Waals surface area (Å²) in [5, 5.41) is 13.3. The van der Waals surface area contributed by atoms with Crippen LogP contribution < -0.4 is 5.32 Å². The zero-order valence-electron chi connectivity index (χ0n) is 11.0. The summed E-state index contributed by atoms with van der Waals surface area (Å²) in [6.07, 6.45) is 0. The molecule has 0 aliphatic carbocycles. The Kier molecular flexibility index (Phi) is 4.10. The van der Waals surface area contributed by atoms with Gasteiger partial charge in [-0.2, -0.15) is 0 Å². The van der Waals surface area contributed by atoms with E-state index in [1.807, 2.05) is 19.1 Å². The average molecular weight is 270 g/mol. The maximum absolute atomic E-state index is 11.9. The second-order valence-corrected chi connectivity index (χ2v) is 4.47. The number of carbonyl (C=O) groups is 1. The lowest BCUT2D eigenvalue weighted by molar-refractivity contribution is -0.384. The van der Waals surface area contributed by atoms with E-state index >= 15 is 0 Å². The lowest BCUT2D eigenvalue weighted by Gasteiger charge is -2.05. The smallest absolute Gasteiger partial charge is 0.269 e. The summed E-state index contributed by atoms with van der Waals surface area (Å²) in [6, 6.07) is 13.4. The van der Waals surface area contributed by atoms with E-state index in [9.17, 15) is 14.9 Å². The molecule has 0 spiro atoms. The van der Waals surface area contributed by atoms with E-state index in [0.717, 1.165) is 11.1 Å². The van der Waals surface area contributed by atoms with Crippen molar-refractivity contribution in [2.75, 3.05) is 0 Å². The van der Waals surface area contributed by atoms with Gasteiger partial charge in [-0.3, -0.25) is 14.9 Å². The summed E-state index contributed by atoms with van der Waals surface area (Å²) >= 11 is 0. The summed E-state index contributed by atoms with van der Waals surface area (Å²) in [4.78, 5) is 22.0. The zero-order chi connectivity index (χ0) is 14.5. The molecule has 0 aliphatic rings. The lowest BCUT2D eigenvalue weighted by atomic mass is 10.1. The number of nitrogens with one attached hydrogen (secondary N) is 1. The number of amides is 1. The number of rotatable bonds is 4. The molecule has 0 bridgehead atoms. The quantitative estimate of drug-likeness (QED) is 0.685. The van der Waals surface area contributed by atoms with Gasteiger partial charge in [0.25, 0.3) is 11.6 Å². The molecule has 2 aromatic carbocycles. The van der Waals surface area contributed by atoms with Crippen LogP contribution in [-0.4, -0.2) is 10.8 Å². The number of nitrogens with zero attached hydrogens (tertiary/aromatic N) is 1. The fraction of sp³-hybridized carbons (Fsp3) is 0.133. The molecule has 0 atom stereocenters. The number of nitro groups is 1. The normalized spacial score (nSPS) is 10.1. The molecule has 0 unspecified atom stereocenters. The van der Waals surface area contributed by atoms with Crippen LogP contribution in [0.2, 0.25) is 0 Å². The van der Waals surface area contributed by atoms with Gasteiger partial charge in [0.15, 0.2) is 0 Å². The van der Waals surface area contributed by atoms with Gasteiger partial charge < -0.3 is 5.32 Å². The van der Waals surface area contributed by atoms with E-state index in [1.54, 1.807) is 24.3 Å². The van der Waals surface area contributed by atoms with Crippen molar-refractivity contribution in [2.24, 2.45) is 0 Å². The van der Waals surface area contributed by atoms with Crippen LogP contribution in [0, 0.1) is 17.0 Å². The fourth-order valence-corrected chi connectivity index (χ4v) is 1.72. The minimum Gasteiger partial charge on any atom is -0.348 e. The highest BCUT2D eigenvalue weighted by atomic mass is 16.6. The monoisotopic (exact) mass is 270 g/mol. The average Bonchev–Trinajstić information content (AvgIpc) is 2.46. The van der Waals surface area contributed by atoms with Gasteiger partial charge in [0.05, 0.1) is 4.92 Å². The second kappa shape index (κ2) is 5.97. The molecule has 1 N–H and O–H groups in total. The van der Waals surface area contributed by atoms with Crippen molar-refractivity contribution in [1.29, 1.82) is 0 Å². The standard InChI is InChI=1S/C15H14N2O3/c1-11-2-6-13(7-3-11)15(18)16-10-12-4-8-14(9-5-12)17(19)20/h2-9H,10H2,1H3,(H,16,18). The Morgan fingerprint density at radius 1 is 1.10 bits per heavy atom. The molecular weight excluding hydrogens is 256 g/mol. The predicted molar refractivity (Wildman–Crippen MR) is 75.4 cm³/mol. The summed E-state index contributed by atoms with van der Waals surface area (Å²) in [5.41, 5.74) is 2.55. The van der Waals surface area contributed by atoms with Crippen LogP contribution in [0.3, 0.4) is 0 Å². The molecular formula is C15H14N2O3. The van der Waals surface area contributed by atoms with Crippen molar-refractivity contribution in [1.82, 2.24) is 5.32 Å². The fourth-order valence-electron chi connectivity index (χ4n) is 1.72.